The zero-order chi connectivity index (χ0) is 13.7. The fourth-order valence-electron chi connectivity index (χ4n) is 1.95. The minimum atomic E-state index is 0.0895. The number of benzene rings is 1. The van der Waals surface area contributed by atoms with Crippen LogP contribution in [0.4, 0.5) is 0 Å². The summed E-state index contributed by atoms with van der Waals surface area (Å²) in [5, 5.41) is 0. The molecule has 0 saturated heterocycles. The van der Waals surface area contributed by atoms with E-state index in [1.807, 2.05) is 33.0 Å². The molecule has 3 heteroatoms. The number of carbonyl (C=O) groups excluding carboxylic acids is 1. The molecule has 0 radical (unpaired) electrons. The van der Waals surface area contributed by atoms with Gasteiger partial charge in [-0.25, -0.2) is 0 Å². The lowest BCUT2D eigenvalue weighted by molar-refractivity contribution is 0.0792. The molecule has 1 rings (SSSR count). The summed E-state index contributed by atoms with van der Waals surface area (Å²) in [5.41, 5.74) is 2.81. The van der Waals surface area contributed by atoms with Gasteiger partial charge in [-0.1, -0.05) is 13.3 Å². The first-order valence-corrected chi connectivity index (χ1v) is 6.42. The van der Waals surface area contributed by atoms with E-state index in [0.717, 1.165) is 41.8 Å². The van der Waals surface area contributed by atoms with Crippen LogP contribution < -0.4 is 4.74 Å². The number of rotatable bonds is 5. The number of amides is 1. The van der Waals surface area contributed by atoms with Gasteiger partial charge in [-0.15, -0.1) is 0 Å². The summed E-state index contributed by atoms with van der Waals surface area (Å²) < 4.78 is 5.26. The second kappa shape index (κ2) is 6.43. The minimum Gasteiger partial charge on any atom is -0.496 e. The third kappa shape index (κ3) is 3.03. The highest BCUT2D eigenvalue weighted by Crippen LogP contribution is 2.24. The van der Waals surface area contributed by atoms with Gasteiger partial charge in [0.1, 0.15) is 5.75 Å². The Hall–Kier alpha value is -1.51. The van der Waals surface area contributed by atoms with Crippen molar-refractivity contribution in [3.63, 3.8) is 0 Å². The fourth-order valence-corrected chi connectivity index (χ4v) is 1.95. The highest BCUT2D eigenvalue weighted by atomic mass is 16.5. The molecule has 0 bridgehead atoms. The molecule has 0 saturated carbocycles. The van der Waals surface area contributed by atoms with Crippen LogP contribution in [0.15, 0.2) is 12.1 Å². The molecule has 0 N–H and O–H groups in total. The normalized spacial score (nSPS) is 10.3. The zero-order valence-corrected chi connectivity index (χ0v) is 12.0. The first-order valence-electron chi connectivity index (χ1n) is 6.42. The molecule has 1 aromatic rings. The molecule has 1 aromatic carbocycles. The van der Waals surface area contributed by atoms with Crippen molar-refractivity contribution in [2.75, 3.05) is 20.7 Å². The van der Waals surface area contributed by atoms with Gasteiger partial charge in [0.2, 0.25) is 0 Å². The molecule has 0 aliphatic carbocycles. The summed E-state index contributed by atoms with van der Waals surface area (Å²) >= 11 is 0. The van der Waals surface area contributed by atoms with Gasteiger partial charge in [-0.05, 0) is 43.5 Å². The molecule has 0 unspecified atom stereocenters. The average Bonchev–Trinajstić information content (AvgIpc) is 2.38. The summed E-state index contributed by atoms with van der Waals surface area (Å²) in [7, 11) is 3.51. The molecule has 0 aliphatic heterocycles. The van der Waals surface area contributed by atoms with E-state index in [9.17, 15) is 4.79 Å². The summed E-state index contributed by atoms with van der Waals surface area (Å²) in [4.78, 5) is 14.1. The number of ether oxygens (including phenoxy) is 1. The number of methoxy groups -OCH3 is 1. The highest BCUT2D eigenvalue weighted by molar-refractivity contribution is 5.96. The van der Waals surface area contributed by atoms with Crippen molar-refractivity contribution in [1.82, 2.24) is 4.90 Å². The Labute approximate surface area is 110 Å². The Balaban J connectivity index is 2.96. The fraction of sp³-hybridized carbons (Fsp3) is 0.533. The highest BCUT2D eigenvalue weighted by Gasteiger charge is 2.16. The van der Waals surface area contributed by atoms with E-state index in [4.69, 9.17) is 4.74 Å². The molecule has 18 heavy (non-hydrogen) atoms. The molecule has 3 nitrogen and oxygen atoms in total. The maximum Gasteiger partial charge on any atom is 0.253 e. The Morgan fingerprint density at radius 1 is 1.28 bits per heavy atom. The second-order valence-corrected chi connectivity index (χ2v) is 4.65. The monoisotopic (exact) mass is 249 g/mol. The summed E-state index contributed by atoms with van der Waals surface area (Å²) in [5.74, 6) is 0.923. The van der Waals surface area contributed by atoms with Crippen LogP contribution in [0.25, 0.3) is 0 Å². The Morgan fingerprint density at radius 2 is 1.94 bits per heavy atom. The summed E-state index contributed by atoms with van der Waals surface area (Å²) in [6.45, 7) is 6.89. The van der Waals surface area contributed by atoms with Crippen molar-refractivity contribution in [3.05, 3.63) is 28.8 Å². The second-order valence-electron chi connectivity index (χ2n) is 4.65. The molecule has 0 aromatic heterocycles. The first kappa shape index (κ1) is 14.6. The van der Waals surface area contributed by atoms with Crippen LogP contribution in [-0.4, -0.2) is 31.5 Å². The molecular formula is C15H23NO2. The van der Waals surface area contributed by atoms with Gasteiger partial charge in [-0.2, -0.15) is 0 Å². The molecule has 0 spiro atoms. The van der Waals surface area contributed by atoms with Crippen molar-refractivity contribution < 1.29 is 9.53 Å². The molecule has 0 fully saturated rings. The third-order valence-electron chi connectivity index (χ3n) is 3.38. The lowest BCUT2D eigenvalue weighted by Gasteiger charge is -2.19. The van der Waals surface area contributed by atoms with Crippen LogP contribution >= 0.6 is 0 Å². The van der Waals surface area contributed by atoms with Gasteiger partial charge in [0.05, 0.1) is 7.11 Å². The first-order chi connectivity index (χ1) is 8.52. The smallest absolute Gasteiger partial charge is 0.253 e. The van der Waals surface area contributed by atoms with Crippen molar-refractivity contribution >= 4 is 5.91 Å². The maximum absolute atomic E-state index is 12.3. The average molecular weight is 249 g/mol. The number of unbranched alkanes of at least 4 members (excludes halogenated alkanes) is 1. The van der Waals surface area contributed by atoms with Crippen molar-refractivity contribution in [2.45, 2.75) is 33.6 Å². The largest absolute Gasteiger partial charge is 0.496 e. The van der Waals surface area contributed by atoms with E-state index in [1.54, 1.807) is 12.0 Å². The van der Waals surface area contributed by atoms with Crippen LogP contribution in [0.2, 0.25) is 0 Å². The zero-order valence-electron chi connectivity index (χ0n) is 12.0. The van der Waals surface area contributed by atoms with Gasteiger partial charge in [0.15, 0.2) is 0 Å². The number of nitrogens with zero attached hydrogens (tertiary/aromatic N) is 1. The van der Waals surface area contributed by atoms with Crippen molar-refractivity contribution in [3.8, 4) is 5.75 Å². The Bertz CT molecular complexity index is 427. The Morgan fingerprint density at radius 3 is 2.50 bits per heavy atom. The maximum atomic E-state index is 12.3. The van der Waals surface area contributed by atoms with E-state index in [2.05, 4.69) is 6.92 Å². The van der Waals surface area contributed by atoms with Gasteiger partial charge in [-0.3, -0.25) is 4.79 Å². The molecule has 0 heterocycles. The van der Waals surface area contributed by atoms with E-state index < -0.39 is 0 Å². The van der Waals surface area contributed by atoms with E-state index in [1.165, 1.54) is 0 Å². The van der Waals surface area contributed by atoms with Gasteiger partial charge in [0, 0.05) is 19.2 Å². The van der Waals surface area contributed by atoms with E-state index in [-0.39, 0.29) is 5.91 Å². The molecule has 100 valence electrons. The standard InChI is InChI=1S/C15H23NO2/c1-6-7-10-16(4)15(17)13-8-9-14(18-5)12(3)11(13)2/h8-9H,6-7,10H2,1-5H3. The van der Waals surface area contributed by atoms with Crippen LogP contribution in [-0.2, 0) is 0 Å². The lowest BCUT2D eigenvalue weighted by Crippen LogP contribution is -2.28. The van der Waals surface area contributed by atoms with Crippen LogP contribution in [0.5, 0.6) is 5.75 Å². The van der Waals surface area contributed by atoms with E-state index in [0.29, 0.717) is 0 Å². The van der Waals surface area contributed by atoms with Crippen molar-refractivity contribution in [2.24, 2.45) is 0 Å². The van der Waals surface area contributed by atoms with Crippen LogP contribution in [0.3, 0.4) is 0 Å². The number of hydrogen-bond acceptors (Lipinski definition) is 2. The topological polar surface area (TPSA) is 29.5 Å². The van der Waals surface area contributed by atoms with Crippen molar-refractivity contribution in [1.29, 1.82) is 0 Å². The number of hydrogen-bond donors (Lipinski definition) is 0. The molecule has 0 atom stereocenters. The van der Waals surface area contributed by atoms with Gasteiger partial charge >= 0.3 is 0 Å². The van der Waals surface area contributed by atoms with Gasteiger partial charge < -0.3 is 9.64 Å². The lowest BCUT2D eigenvalue weighted by atomic mass is 10.0. The third-order valence-corrected chi connectivity index (χ3v) is 3.38. The molecule has 0 aliphatic rings. The predicted octanol–water partition coefficient (Wildman–Crippen LogP) is 3.18. The summed E-state index contributed by atoms with van der Waals surface area (Å²) in [6.07, 6.45) is 2.13. The number of carbonyl (C=O) groups is 1. The van der Waals surface area contributed by atoms with E-state index >= 15 is 0 Å². The van der Waals surface area contributed by atoms with Gasteiger partial charge in [0.25, 0.3) is 5.91 Å². The quantitative estimate of drug-likeness (QED) is 0.802. The van der Waals surface area contributed by atoms with Crippen LogP contribution in [0, 0.1) is 13.8 Å². The minimum absolute atomic E-state index is 0.0895. The molecule has 1 amide bonds. The molecular weight excluding hydrogens is 226 g/mol. The Kier molecular flexibility index (Phi) is 5.20. The SMILES string of the molecule is CCCCN(C)C(=O)c1ccc(OC)c(C)c1C. The van der Waals surface area contributed by atoms with Crippen LogP contribution in [0.1, 0.15) is 41.3 Å². The predicted molar refractivity (Wildman–Crippen MR) is 74.3 cm³/mol. The summed E-state index contributed by atoms with van der Waals surface area (Å²) in [6, 6.07) is 3.72.